The van der Waals surface area contributed by atoms with Gasteiger partial charge in [0.05, 0.1) is 12.0 Å². The van der Waals surface area contributed by atoms with Gasteiger partial charge in [-0.15, -0.1) is 0 Å². The van der Waals surface area contributed by atoms with E-state index in [0.29, 0.717) is 0 Å². The Balaban J connectivity index is 1.93. The Hall–Kier alpha value is -3.49. The Morgan fingerprint density at radius 3 is 2.33 bits per heavy atom. The maximum absolute atomic E-state index is 13.7. The van der Waals surface area contributed by atoms with Crippen molar-refractivity contribution in [2.24, 2.45) is 5.92 Å². The van der Waals surface area contributed by atoms with Gasteiger partial charge in [0.2, 0.25) is 11.2 Å². The van der Waals surface area contributed by atoms with Crippen molar-refractivity contribution in [1.29, 1.82) is 0 Å². The molecule has 0 radical (unpaired) electrons. The molecule has 0 atom stereocenters. The second-order valence-electron chi connectivity index (χ2n) is 7.71. The SMILES string of the molecule is CCc1ccc(Oc2c(C(F)(F)F)oc3cc(OCC(=O)OCC(C)C)ccc3c2=O)cc1. The molecule has 33 heavy (non-hydrogen) atoms. The minimum absolute atomic E-state index is 0.0455. The van der Waals surface area contributed by atoms with Gasteiger partial charge in [-0.1, -0.05) is 32.9 Å². The average molecular weight is 464 g/mol. The number of carbonyl (C=O) groups is 1. The normalized spacial score (nSPS) is 11.6. The Labute approximate surface area is 187 Å². The molecular formula is C24H23F3O6. The molecule has 0 aliphatic carbocycles. The van der Waals surface area contributed by atoms with Crippen molar-refractivity contribution in [3.05, 3.63) is 64.0 Å². The van der Waals surface area contributed by atoms with E-state index in [0.717, 1.165) is 18.1 Å². The molecule has 0 saturated heterocycles. The fraction of sp³-hybridized carbons (Fsp3) is 0.333. The summed E-state index contributed by atoms with van der Waals surface area (Å²) >= 11 is 0. The highest BCUT2D eigenvalue weighted by Crippen LogP contribution is 2.38. The van der Waals surface area contributed by atoms with Gasteiger partial charge in [0, 0.05) is 6.07 Å². The van der Waals surface area contributed by atoms with E-state index in [2.05, 4.69) is 0 Å². The van der Waals surface area contributed by atoms with E-state index in [1.807, 2.05) is 20.8 Å². The van der Waals surface area contributed by atoms with Crippen LogP contribution in [0.2, 0.25) is 0 Å². The molecule has 9 heteroatoms. The zero-order valence-corrected chi connectivity index (χ0v) is 18.3. The smallest absolute Gasteiger partial charge is 0.453 e. The van der Waals surface area contributed by atoms with E-state index < -0.39 is 35.7 Å². The van der Waals surface area contributed by atoms with E-state index in [1.54, 1.807) is 12.1 Å². The van der Waals surface area contributed by atoms with Crippen LogP contribution >= 0.6 is 0 Å². The van der Waals surface area contributed by atoms with Crippen LogP contribution in [0.1, 0.15) is 32.1 Å². The molecule has 1 heterocycles. The van der Waals surface area contributed by atoms with Crippen molar-refractivity contribution in [2.45, 2.75) is 33.4 Å². The van der Waals surface area contributed by atoms with Gasteiger partial charge in [0.15, 0.2) is 6.61 Å². The van der Waals surface area contributed by atoms with Crippen molar-refractivity contribution in [3.63, 3.8) is 0 Å². The zero-order valence-electron chi connectivity index (χ0n) is 18.3. The fourth-order valence-corrected chi connectivity index (χ4v) is 2.88. The minimum atomic E-state index is -4.98. The summed E-state index contributed by atoms with van der Waals surface area (Å²) in [6.07, 6.45) is -4.24. The van der Waals surface area contributed by atoms with Gasteiger partial charge in [-0.3, -0.25) is 4.79 Å². The Kier molecular flexibility index (Phi) is 7.30. The molecule has 0 aliphatic rings. The number of rotatable bonds is 8. The summed E-state index contributed by atoms with van der Waals surface area (Å²) in [7, 11) is 0. The first-order chi connectivity index (χ1) is 15.6. The molecule has 176 valence electrons. The second kappa shape index (κ2) is 9.97. The molecule has 2 aromatic carbocycles. The van der Waals surface area contributed by atoms with Crippen LogP contribution in [0.5, 0.6) is 17.2 Å². The first-order valence-electron chi connectivity index (χ1n) is 10.3. The summed E-state index contributed by atoms with van der Waals surface area (Å²) in [6, 6.07) is 10.1. The van der Waals surface area contributed by atoms with Crippen molar-refractivity contribution < 1.29 is 36.6 Å². The monoisotopic (exact) mass is 464 g/mol. The van der Waals surface area contributed by atoms with Crippen LogP contribution in [0.4, 0.5) is 13.2 Å². The first kappa shape index (κ1) is 24.2. The zero-order chi connectivity index (χ0) is 24.2. The molecule has 0 N–H and O–H groups in total. The molecule has 1 aromatic heterocycles. The van der Waals surface area contributed by atoms with Crippen LogP contribution in [0.25, 0.3) is 11.0 Å². The highest BCUT2D eigenvalue weighted by molar-refractivity contribution is 5.80. The Bertz CT molecular complexity index is 1180. The van der Waals surface area contributed by atoms with Crippen LogP contribution in [-0.4, -0.2) is 19.2 Å². The van der Waals surface area contributed by atoms with Crippen molar-refractivity contribution >= 4 is 16.9 Å². The summed E-state index contributed by atoms with van der Waals surface area (Å²) in [5.41, 5.74) is -0.371. The average Bonchev–Trinajstić information content (AvgIpc) is 2.77. The maximum atomic E-state index is 13.7. The summed E-state index contributed by atoms with van der Waals surface area (Å²) in [4.78, 5) is 24.5. The van der Waals surface area contributed by atoms with Gasteiger partial charge in [-0.2, -0.15) is 13.2 Å². The molecule has 0 amide bonds. The number of hydrogen-bond donors (Lipinski definition) is 0. The summed E-state index contributed by atoms with van der Waals surface area (Å²) < 4.78 is 61.6. The molecule has 3 aromatic rings. The van der Waals surface area contributed by atoms with Gasteiger partial charge >= 0.3 is 12.1 Å². The number of ether oxygens (including phenoxy) is 3. The Morgan fingerprint density at radius 2 is 1.73 bits per heavy atom. The number of halogens is 3. The van der Waals surface area contributed by atoms with E-state index in [9.17, 15) is 22.8 Å². The highest BCUT2D eigenvalue weighted by Gasteiger charge is 2.40. The third-order valence-corrected chi connectivity index (χ3v) is 4.57. The largest absolute Gasteiger partial charge is 0.482 e. The van der Waals surface area contributed by atoms with Crippen LogP contribution < -0.4 is 14.9 Å². The third kappa shape index (κ3) is 6.06. The van der Waals surface area contributed by atoms with Gasteiger partial charge in [-0.05, 0) is 42.2 Å². The number of aryl methyl sites for hydroxylation is 1. The predicted octanol–water partition coefficient (Wildman–Crippen LogP) is 5.74. The van der Waals surface area contributed by atoms with Crippen LogP contribution in [0, 0.1) is 5.92 Å². The van der Waals surface area contributed by atoms with Crippen molar-refractivity contribution in [3.8, 4) is 17.2 Å². The van der Waals surface area contributed by atoms with E-state index >= 15 is 0 Å². The number of carbonyl (C=O) groups excluding carboxylic acids is 1. The molecule has 3 rings (SSSR count). The molecule has 0 unspecified atom stereocenters. The lowest BCUT2D eigenvalue weighted by Crippen LogP contribution is -2.17. The van der Waals surface area contributed by atoms with Crippen LogP contribution in [-0.2, 0) is 22.1 Å². The van der Waals surface area contributed by atoms with Gasteiger partial charge in [-0.25, -0.2) is 4.79 Å². The summed E-state index contributed by atoms with van der Waals surface area (Å²) in [5, 5.41) is -0.127. The van der Waals surface area contributed by atoms with E-state index in [-0.39, 0.29) is 35.0 Å². The van der Waals surface area contributed by atoms with Crippen molar-refractivity contribution in [1.82, 2.24) is 0 Å². The van der Waals surface area contributed by atoms with Crippen molar-refractivity contribution in [2.75, 3.05) is 13.2 Å². The summed E-state index contributed by atoms with van der Waals surface area (Å²) in [6.45, 7) is 5.45. The standard InChI is InChI=1S/C24H23F3O6/c1-4-15-5-7-16(8-6-15)32-22-21(29)18-10-9-17(30-13-20(28)31-12-14(2)3)11-19(18)33-23(22)24(25,26)27/h5-11,14H,4,12-13H2,1-3H3. The lowest BCUT2D eigenvalue weighted by atomic mass is 10.1. The Morgan fingerprint density at radius 1 is 1.06 bits per heavy atom. The van der Waals surface area contributed by atoms with Gasteiger partial charge in [0.1, 0.15) is 17.1 Å². The molecule has 0 saturated carbocycles. The summed E-state index contributed by atoms with van der Waals surface area (Å²) in [5.74, 6) is -2.88. The first-order valence-corrected chi connectivity index (χ1v) is 10.3. The van der Waals surface area contributed by atoms with Gasteiger partial charge in [0.25, 0.3) is 5.76 Å². The van der Waals surface area contributed by atoms with Crippen LogP contribution in [0.15, 0.2) is 51.7 Å². The van der Waals surface area contributed by atoms with Gasteiger partial charge < -0.3 is 18.6 Å². The van der Waals surface area contributed by atoms with E-state index in [1.165, 1.54) is 24.3 Å². The highest BCUT2D eigenvalue weighted by atomic mass is 19.4. The number of alkyl halides is 3. The lowest BCUT2D eigenvalue weighted by molar-refractivity contribution is -0.154. The molecule has 0 bridgehead atoms. The third-order valence-electron chi connectivity index (χ3n) is 4.57. The number of hydrogen-bond acceptors (Lipinski definition) is 6. The molecule has 0 aliphatic heterocycles. The topological polar surface area (TPSA) is 75.0 Å². The predicted molar refractivity (Wildman–Crippen MR) is 115 cm³/mol. The molecule has 6 nitrogen and oxygen atoms in total. The number of esters is 1. The number of fused-ring (bicyclic) bond motifs is 1. The molecule has 0 fully saturated rings. The van der Waals surface area contributed by atoms with Crippen LogP contribution in [0.3, 0.4) is 0 Å². The molecular weight excluding hydrogens is 441 g/mol. The quantitative estimate of drug-likeness (QED) is 0.396. The minimum Gasteiger partial charge on any atom is -0.482 e. The molecule has 0 spiro atoms. The number of benzene rings is 2. The maximum Gasteiger partial charge on any atom is 0.453 e. The van der Waals surface area contributed by atoms with E-state index in [4.69, 9.17) is 18.6 Å². The second-order valence-corrected chi connectivity index (χ2v) is 7.71. The fourth-order valence-electron chi connectivity index (χ4n) is 2.88. The lowest BCUT2D eigenvalue weighted by Gasteiger charge is -2.14.